The fraction of sp³-hybridized carbons (Fsp3) is 0.429. The van der Waals surface area contributed by atoms with Crippen LogP contribution in [-0.4, -0.2) is 24.5 Å². The molecule has 1 unspecified atom stereocenters. The summed E-state index contributed by atoms with van der Waals surface area (Å²) in [4.78, 5) is 23.4. The Hall–Kier alpha value is -1.88. The second-order valence-electron chi connectivity index (χ2n) is 4.18. The number of hydrogen-bond acceptors (Lipinski definition) is 4. The van der Waals surface area contributed by atoms with E-state index >= 15 is 0 Å². The fourth-order valence-corrected chi connectivity index (χ4v) is 1.58. The van der Waals surface area contributed by atoms with Crippen molar-refractivity contribution in [2.75, 3.05) is 6.61 Å². The van der Waals surface area contributed by atoms with Gasteiger partial charge in [0.25, 0.3) is 5.91 Å². The molecule has 1 aromatic rings. The molecule has 1 atom stereocenters. The minimum Gasteiger partial charge on any atom is -0.465 e. The van der Waals surface area contributed by atoms with Crippen LogP contribution in [0.3, 0.4) is 0 Å². The number of amides is 1. The number of nitrogens with one attached hydrogen (secondary N) is 2. The molecule has 0 saturated heterocycles. The summed E-state index contributed by atoms with van der Waals surface area (Å²) < 4.78 is 4.90. The molecule has 0 heterocycles. The van der Waals surface area contributed by atoms with Crippen molar-refractivity contribution in [1.29, 1.82) is 0 Å². The Balaban J connectivity index is 2.55. The maximum atomic E-state index is 11.9. The van der Waals surface area contributed by atoms with Gasteiger partial charge in [0, 0.05) is 5.56 Å². The zero-order valence-corrected chi connectivity index (χ0v) is 11.5. The summed E-state index contributed by atoms with van der Waals surface area (Å²) in [6, 6.07) is 6.69. The number of ether oxygens (including phenoxy) is 1. The normalized spacial score (nSPS) is 11.7. The SMILES string of the molecule is CCOC(=O)C(CC)NNC(=O)c1cccc(C)c1. The first kappa shape index (κ1) is 15.2. The molecule has 1 rings (SSSR count). The lowest BCUT2D eigenvalue weighted by molar-refractivity contribution is -0.145. The lowest BCUT2D eigenvalue weighted by Gasteiger charge is -2.16. The molecule has 0 saturated carbocycles. The Morgan fingerprint density at radius 2 is 2.05 bits per heavy atom. The van der Waals surface area contributed by atoms with Crippen LogP contribution < -0.4 is 10.9 Å². The van der Waals surface area contributed by atoms with E-state index in [4.69, 9.17) is 4.74 Å². The molecule has 0 aliphatic rings. The highest BCUT2D eigenvalue weighted by atomic mass is 16.5. The molecule has 0 aromatic heterocycles. The molecule has 0 aliphatic carbocycles. The van der Waals surface area contributed by atoms with Gasteiger partial charge in [0.1, 0.15) is 6.04 Å². The molecule has 1 aromatic carbocycles. The molecule has 0 bridgehead atoms. The van der Waals surface area contributed by atoms with Gasteiger partial charge in [-0.25, -0.2) is 5.43 Å². The molecule has 0 fully saturated rings. The number of benzene rings is 1. The molecule has 2 N–H and O–H groups in total. The molecule has 5 heteroatoms. The van der Waals surface area contributed by atoms with E-state index in [0.717, 1.165) is 5.56 Å². The minimum absolute atomic E-state index is 0.272. The molecule has 0 aliphatic heterocycles. The highest BCUT2D eigenvalue weighted by molar-refractivity contribution is 5.94. The van der Waals surface area contributed by atoms with Gasteiger partial charge in [0.2, 0.25) is 0 Å². The van der Waals surface area contributed by atoms with Crippen LogP contribution in [-0.2, 0) is 9.53 Å². The zero-order chi connectivity index (χ0) is 14.3. The summed E-state index contributed by atoms with van der Waals surface area (Å²) in [5.74, 6) is -0.638. The topological polar surface area (TPSA) is 67.4 Å². The molecule has 19 heavy (non-hydrogen) atoms. The summed E-state index contributed by atoms with van der Waals surface area (Å²) in [5.41, 5.74) is 6.78. The number of esters is 1. The Bertz CT molecular complexity index is 446. The van der Waals surface area contributed by atoms with E-state index in [1.54, 1.807) is 19.1 Å². The van der Waals surface area contributed by atoms with E-state index in [2.05, 4.69) is 10.9 Å². The van der Waals surface area contributed by atoms with Crippen molar-refractivity contribution in [3.05, 3.63) is 35.4 Å². The first-order chi connectivity index (χ1) is 9.08. The van der Waals surface area contributed by atoms with E-state index in [0.29, 0.717) is 18.6 Å². The van der Waals surface area contributed by atoms with Crippen LogP contribution in [0.15, 0.2) is 24.3 Å². The summed E-state index contributed by atoms with van der Waals surface area (Å²) in [5, 5.41) is 0. The third-order valence-electron chi connectivity index (χ3n) is 2.62. The number of hydrazine groups is 1. The van der Waals surface area contributed by atoms with E-state index in [1.165, 1.54) is 0 Å². The predicted octanol–water partition coefficient (Wildman–Crippen LogP) is 1.57. The van der Waals surface area contributed by atoms with Gasteiger partial charge in [-0.05, 0) is 32.4 Å². The summed E-state index contributed by atoms with van der Waals surface area (Å²) in [6.07, 6.45) is 0.535. The summed E-state index contributed by atoms with van der Waals surface area (Å²) >= 11 is 0. The van der Waals surface area contributed by atoms with Crippen molar-refractivity contribution in [1.82, 2.24) is 10.9 Å². The van der Waals surface area contributed by atoms with Crippen LogP contribution in [0, 0.1) is 6.92 Å². The van der Waals surface area contributed by atoms with Gasteiger partial charge in [-0.3, -0.25) is 15.0 Å². The smallest absolute Gasteiger partial charge is 0.324 e. The molecular formula is C14H20N2O3. The van der Waals surface area contributed by atoms with E-state index in [9.17, 15) is 9.59 Å². The number of aryl methyl sites for hydroxylation is 1. The summed E-state index contributed by atoms with van der Waals surface area (Å²) in [7, 11) is 0. The Morgan fingerprint density at radius 3 is 2.63 bits per heavy atom. The van der Waals surface area contributed by atoms with Gasteiger partial charge in [-0.15, -0.1) is 0 Å². The third kappa shape index (κ3) is 4.71. The van der Waals surface area contributed by atoms with E-state index in [1.807, 2.05) is 26.0 Å². The van der Waals surface area contributed by atoms with E-state index < -0.39 is 6.04 Å². The van der Waals surface area contributed by atoms with Crippen molar-refractivity contribution < 1.29 is 14.3 Å². The van der Waals surface area contributed by atoms with Crippen LogP contribution in [0.25, 0.3) is 0 Å². The van der Waals surface area contributed by atoms with Gasteiger partial charge < -0.3 is 4.74 Å². The first-order valence-electron chi connectivity index (χ1n) is 6.37. The predicted molar refractivity (Wildman–Crippen MR) is 72.5 cm³/mol. The maximum Gasteiger partial charge on any atom is 0.324 e. The average Bonchev–Trinajstić information content (AvgIpc) is 2.39. The minimum atomic E-state index is -0.534. The second-order valence-corrected chi connectivity index (χ2v) is 4.18. The average molecular weight is 264 g/mol. The number of rotatable bonds is 6. The Kier molecular flexibility index (Phi) is 6.02. The standard InChI is InChI=1S/C14H20N2O3/c1-4-12(14(18)19-5-2)15-16-13(17)11-8-6-7-10(3)9-11/h6-9,12,15H,4-5H2,1-3H3,(H,16,17). The highest BCUT2D eigenvalue weighted by Gasteiger charge is 2.18. The Morgan fingerprint density at radius 1 is 1.32 bits per heavy atom. The van der Waals surface area contributed by atoms with Crippen LogP contribution in [0.4, 0.5) is 0 Å². The lowest BCUT2D eigenvalue weighted by atomic mass is 10.1. The van der Waals surface area contributed by atoms with Crippen molar-refractivity contribution in [2.45, 2.75) is 33.2 Å². The van der Waals surface area contributed by atoms with Gasteiger partial charge in [-0.2, -0.15) is 0 Å². The fourth-order valence-electron chi connectivity index (χ4n) is 1.58. The van der Waals surface area contributed by atoms with Gasteiger partial charge >= 0.3 is 5.97 Å². The maximum absolute atomic E-state index is 11.9. The highest BCUT2D eigenvalue weighted by Crippen LogP contribution is 2.03. The van der Waals surface area contributed by atoms with Crippen molar-refractivity contribution in [3.63, 3.8) is 0 Å². The van der Waals surface area contributed by atoms with Crippen molar-refractivity contribution in [3.8, 4) is 0 Å². The molecule has 104 valence electrons. The molecular weight excluding hydrogens is 244 g/mol. The van der Waals surface area contributed by atoms with Crippen LogP contribution in [0.1, 0.15) is 36.2 Å². The zero-order valence-electron chi connectivity index (χ0n) is 11.5. The number of carbonyl (C=O) groups excluding carboxylic acids is 2. The number of carbonyl (C=O) groups is 2. The third-order valence-corrected chi connectivity index (χ3v) is 2.62. The Labute approximate surface area is 113 Å². The van der Waals surface area contributed by atoms with Gasteiger partial charge in [0.05, 0.1) is 6.61 Å². The second kappa shape index (κ2) is 7.53. The van der Waals surface area contributed by atoms with Crippen molar-refractivity contribution in [2.24, 2.45) is 0 Å². The summed E-state index contributed by atoms with van der Waals surface area (Å²) in [6.45, 7) is 5.82. The molecule has 1 amide bonds. The van der Waals surface area contributed by atoms with Crippen LogP contribution in [0.5, 0.6) is 0 Å². The number of hydrogen-bond donors (Lipinski definition) is 2. The quantitative estimate of drug-likeness (QED) is 0.604. The first-order valence-corrected chi connectivity index (χ1v) is 6.37. The lowest BCUT2D eigenvalue weighted by Crippen LogP contribution is -2.48. The molecule has 0 spiro atoms. The van der Waals surface area contributed by atoms with Gasteiger partial charge in [0.15, 0.2) is 0 Å². The molecule has 5 nitrogen and oxygen atoms in total. The van der Waals surface area contributed by atoms with E-state index in [-0.39, 0.29) is 11.9 Å². The monoisotopic (exact) mass is 264 g/mol. The van der Waals surface area contributed by atoms with Crippen LogP contribution in [0.2, 0.25) is 0 Å². The largest absolute Gasteiger partial charge is 0.465 e. The van der Waals surface area contributed by atoms with Crippen molar-refractivity contribution >= 4 is 11.9 Å². The molecule has 0 radical (unpaired) electrons. The van der Waals surface area contributed by atoms with Crippen LogP contribution >= 0.6 is 0 Å². The van der Waals surface area contributed by atoms with Gasteiger partial charge in [-0.1, -0.05) is 24.6 Å².